The minimum atomic E-state index is -1.25. The fourth-order valence-electron chi connectivity index (χ4n) is 2.37. The summed E-state index contributed by atoms with van der Waals surface area (Å²) < 4.78 is 0. The highest BCUT2D eigenvalue weighted by atomic mass is 16.4. The Morgan fingerprint density at radius 3 is 1.95 bits per heavy atom. The van der Waals surface area contributed by atoms with Crippen molar-refractivity contribution in [1.29, 1.82) is 0 Å². The van der Waals surface area contributed by atoms with Crippen molar-refractivity contribution >= 4 is 23.7 Å². The number of amides is 2. The van der Waals surface area contributed by atoms with Crippen LogP contribution in [0.25, 0.3) is 0 Å². The first-order valence-corrected chi connectivity index (χ1v) is 6.65. The topological polar surface area (TPSA) is 116 Å². The van der Waals surface area contributed by atoms with Crippen LogP contribution in [0.3, 0.4) is 0 Å². The third kappa shape index (κ3) is 3.95. The van der Waals surface area contributed by atoms with Gasteiger partial charge in [-0.15, -0.1) is 0 Å². The van der Waals surface area contributed by atoms with E-state index in [2.05, 4.69) is 10.6 Å². The van der Waals surface area contributed by atoms with Crippen LogP contribution in [0, 0.1) is 0 Å². The first kappa shape index (κ1) is 14.8. The minimum Gasteiger partial charge on any atom is -0.478 e. The highest BCUT2D eigenvalue weighted by Gasteiger charge is 2.18. The summed E-state index contributed by atoms with van der Waals surface area (Å²) in [6.45, 7) is 0. The highest BCUT2D eigenvalue weighted by Crippen LogP contribution is 2.19. The lowest BCUT2D eigenvalue weighted by molar-refractivity contribution is 0.0696. The normalized spacial score (nSPS) is 14.7. The van der Waals surface area contributed by atoms with E-state index in [1.54, 1.807) is 0 Å². The molecule has 0 spiro atoms. The third-order valence-electron chi connectivity index (χ3n) is 3.38. The molecule has 7 heteroatoms. The predicted molar refractivity (Wildman–Crippen MR) is 74.8 cm³/mol. The van der Waals surface area contributed by atoms with Crippen molar-refractivity contribution in [3.63, 3.8) is 0 Å². The van der Waals surface area contributed by atoms with Crippen molar-refractivity contribution in [2.75, 3.05) is 5.32 Å². The molecule has 0 heterocycles. The lowest BCUT2D eigenvalue weighted by atomic mass is 10.1. The summed E-state index contributed by atoms with van der Waals surface area (Å²) in [5.74, 6) is -2.50. The van der Waals surface area contributed by atoms with Gasteiger partial charge in [-0.25, -0.2) is 14.4 Å². The van der Waals surface area contributed by atoms with Gasteiger partial charge in [0, 0.05) is 11.7 Å². The van der Waals surface area contributed by atoms with Crippen LogP contribution in [0.2, 0.25) is 0 Å². The van der Waals surface area contributed by atoms with E-state index in [0.717, 1.165) is 31.7 Å². The summed E-state index contributed by atoms with van der Waals surface area (Å²) in [6.07, 6.45) is 3.98. The number of aromatic carboxylic acids is 2. The Hall–Kier alpha value is -2.57. The zero-order valence-electron chi connectivity index (χ0n) is 11.3. The minimum absolute atomic E-state index is 0.117. The van der Waals surface area contributed by atoms with E-state index >= 15 is 0 Å². The Bertz CT molecular complexity index is 546. The van der Waals surface area contributed by atoms with Crippen LogP contribution in [0.1, 0.15) is 46.4 Å². The molecule has 7 nitrogen and oxygen atoms in total. The molecule has 0 atom stereocenters. The van der Waals surface area contributed by atoms with E-state index in [4.69, 9.17) is 10.2 Å². The number of rotatable bonds is 4. The van der Waals surface area contributed by atoms with E-state index in [9.17, 15) is 14.4 Å². The molecule has 0 aliphatic heterocycles. The van der Waals surface area contributed by atoms with Gasteiger partial charge >= 0.3 is 18.0 Å². The van der Waals surface area contributed by atoms with E-state index in [1.807, 2.05) is 0 Å². The van der Waals surface area contributed by atoms with Crippen molar-refractivity contribution in [2.45, 2.75) is 31.7 Å². The lowest BCUT2D eigenvalue weighted by Gasteiger charge is -2.13. The molecular weight excluding hydrogens is 276 g/mol. The van der Waals surface area contributed by atoms with Crippen LogP contribution in [0.4, 0.5) is 10.5 Å². The number of carbonyl (C=O) groups is 3. The van der Waals surface area contributed by atoms with Gasteiger partial charge in [-0.3, -0.25) is 0 Å². The number of hydrogen-bond donors (Lipinski definition) is 4. The van der Waals surface area contributed by atoms with E-state index in [-0.39, 0.29) is 22.9 Å². The van der Waals surface area contributed by atoms with Crippen LogP contribution in [0.15, 0.2) is 18.2 Å². The second-order valence-electron chi connectivity index (χ2n) is 4.99. The third-order valence-corrected chi connectivity index (χ3v) is 3.38. The molecule has 0 bridgehead atoms. The summed E-state index contributed by atoms with van der Waals surface area (Å²) in [4.78, 5) is 33.8. The molecule has 112 valence electrons. The van der Waals surface area contributed by atoms with E-state index < -0.39 is 18.0 Å². The smallest absolute Gasteiger partial charge is 0.335 e. The first-order valence-electron chi connectivity index (χ1n) is 6.65. The Kier molecular flexibility index (Phi) is 4.42. The number of nitrogens with one attached hydrogen (secondary N) is 2. The van der Waals surface area contributed by atoms with Gasteiger partial charge in [-0.2, -0.15) is 0 Å². The van der Waals surface area contributed by atoms with Gasteiger partial charge in [0.1, 0.15) is 0 Å². The molecule has 1 fully saturated rings. The van der Waals surface area contributed by atoms with Crippen LogP contribution >= 0.6 is 0 Å². The highest BCUT2D eigenvalue weighted by molar-refractivity contribution is 5.98. The van der Waals surface area contributed by atoms with Gasteiger partial charge in [-0.1, -0.05) is 12.8 Å². The van der Waals surface area contributed by atoms with E-state index in [1.165, 1.54) is 12.1 Å². The Morgan fingerprint density at radius 1 is 0.952 bits per heavy atom. The summed E-state index contributed by atoms with van der Waals surface area (Å²) in [6, 6.07) is 3.16. The SMILES string of the molecule is O=C(Nc1cc(C(=O)O)cc(C(=O)O)c1)NC1CCCC1. The second kappa shape index (κ2) is 6.25. The molecule has 0 saturated heterocycles. The Morgan fingerprint density at radius 2 is 1.48 bits per heavy atom. The quantitative estimate of drug-likeness (QED) is 0.678. The molecule has 1 aliphatic rings. The second-order valence-corrected chi connectivity index (χ2v) is 4.99. The fraction of sp³-hybridized carbons (Fsp3) is 0.357. The zero-order chi connectivity index (χ0) is 15.4. The number of anilines is 1. The van der Waals surface area contributed by atoms with Gasteiger partial charge in [0.25, 0.3) is 0 Å². The van der Waals surface area contributed by atoms with Crippen molar-refractivity contribution in [1.82, 2.24) is 5.32 Å². The summed E-state index contributed by atoms with van der Waals surface area (Å²) in [5.41, 5.74) is -0.236. The Labute approximate surface area is 121 Å². The number of carboxylic acid groups (broad SMARTS) is 2. The maximum Gasteiger partial charge on any atom is 0.335 e. The molecule has 1 aromatic carbocycles. The molecule has 2 amide bonds. The van der Waals surface area contributed by atoms with Gasteiger partial charge in [0.05, 0.1) is 11.1 Å². The van der Waals surface area contributed by atoms with E-state index in [0.29, 0.717) is 0 Å². The first-order chi connectivity index (χ1) is 9.95. The van der Waals surface area contributed by atoms with Crippen LogP contribution < -0.4 is 10.6 Å². The molecule has 0 unspecified atom stereocenters. The number of benzene rings is 1. The van der Waals surface area contributed by atoms with Gasteiger partial charge in [0.15, 0.2) is 0 Å². The number of hydrogen-bond acceptors (Lipinski definition) is 3. The predicted octanol–water partition coefficient (Wildman–Crippen LogP) is 2.15. The molecule has 2 rings (SSSR count). The van der Waals surface area contributed by atoms with Crippen molar-refractivity contribution in [3.8, 4) is 0 Å². The Balaban J connectivity index is 2.12. The van der Waals surface area contributed by atoms with Crippen LogP contribution in [-0.4, -0.2) is 34.2 Å². The number of carbonyl (C=O) groups excluding carboxylic acids is 1. The molecule has 1 aliphatic carbocycles. The average Bonchev–Trinajstić information content (AvgIpc) is 2.90. The largest absolute Gasteiger partial charge is 0.478 e. The molecule has 0 radical (unpaired) electrons. The van der Waals surface area contributed by atoms with Crippen LogP contribution in [-0.2, 0) is 0 Å². The van der Waals surface area contributed by atoms with Gasteiger partial charge < -0.3 is 20.8 Å². The number of urea groups is 1. The molecule has 4 N–H and O–H groups in total. The fourth-order valence-corrected chi connectivity index (χ4v) is 2.37. The zero-order valence-corrected chi connectivity index (χ0v) is 11.3. The summed E-state index contributed by atoms with van der Waals surface area (Å²) in [7, 11) is 0. The molecule has 1 saturated carbocycles. The molecule has 0 aromatic heterocycles. The molecular formula is C14H16N2O5. The standard InChI is InChI=1S/C14H16N2O5/c17-12(18)8-5-9(13(19)20)7-11(6-8)16-14(21)15-10-3-1-2-4-10/h5-7,10H,1-4H2,(H,17,18)(H,19,20)(H2,15,16,21). The molecule has 21 heavy (non-hydrogen) atoms. The average molecular weight is 292 g/mol. The lowest BCUT2D eigenvalue weighted by Crippen LogP contribution is -2.36. The van der Waals surface area contributed by atoms with Crippen molar-refractivity contribution < 1.29 is 24.6 Å². The van der Waals surface area contributed by atoms with Crippen molar-refractivity contribution in [3.05, 3.63) is 29.3 Å². The van der Waals surface area contributed by atoms with Gasteiger partial charge in [0.2, 0.25) is 0 Å². The van der Waals surface area contributed by atoms with Crippen LogP contribution in [0.5, 0.6) is 0 Å². The summed E-state index contributed by atoms with van der Waals surface area (Å²) >= 11 is 0. The maximum absolute atomic E-state index is 11.8. The maximum atomic E-state index is 11.8. The summed E-state index contributed by atoms with van der Waals surface area (Å²) in [5, 5.41) is 23.2. The monoisotopic (exact) mass is 292 g/mol. The van der Waals surface area contributed by atoms with Gasteiger partial charge in [-0.05, 0) is 31.0 Å². The number of carboxylic acids is 2. The molecule has 1 aromatic rings. The van der Waals surface area contributed by atoms with Crippen molar-refractivity contribution in [2.24, 2.45) is 0 Å².